The fourth-order valence-corrected chi connectivity index (χ4v) is 0.860. The van der Waals surface area contributed by atoms with Crippen LogP contribution in [0.4, 0.5) is 0 Å². The monoisotopic (exact) mass is 148 g/mol. The highest BCUT2D eigenvalue weighted by Crippen LogP contribution is 2.11. The van der Waals surface area contributed by atoms with E-state index in [0.717, 1.165) is 12.8 Å². The van der Waals surface area contributed by atoms with Crippen molar-refractivity contribution < 1.29 is 0 Å². The highest BCUT2D eigenvalue weighted by molar-refractivity contribution is 5.35. The van der Waals surface area contributed by atoms with Gasteiger partial charge in [-0.2, -0.15) is 10.5 Å². The van der Waals surface area contributed by atoms with E-state index in [1.54, 1.807) is 6.08 Å². The summed E-state index contributed by atoms with van der Waals surface area (Å²) in [6.45, 7) is 4.11. The van der Waals surface area contributed by atoms with Crippen LogP contribution in [0, 0.1) is 28.6 Å². The molecule has 58 valence electrons. The predicted molar refractivity (Wildman–Crippen MR) is 43.4 cm³/mol. The summed E-state index contributed by atoms with van der Waals surface area (Å²) in [4.78, 5) is 0. The van der Waals surface area contributed by atoms with Crippen LogP contribution >= 0.6 is 0 Å². The van der Waals surface area contributed by atoms with Crippen LogP contribution in [0.1, 0.15) is 26.7 Å². The molecule has 0 rings (SSSR count). The lowest BCUT2D eigenvalue weighted by molar-refractivity contribution is 0.605. The molecule has 0 aliphatic rings. The Kier molecular flexibility index (Phi) is 4.86. The second-order valence-electron chi connectivity index (χ2n) is 2.38. The van der Waals surface area contributed by atoms with E-state index >= 15 is 0 Å². The predicted octanol–water partition coefficient (Wildman–Crippen LogP) is 2.40. The first-order valence-corrected chi connectivity index (χ1v) is 3.80. The van der Waals surface area contributed by atoms with Crippen molar-refractivity contribution in [2.45, 2.75) is 26.7 Å². The first-order chi connectivity index (χ1) is 5.28. The maximum atomic E-state index is 8.43. The SMILES string of the molecule is CCC(C=C(C#N)C#N)CC. The van der Waals surface area contributed by atoms with E-state index in [9.17, 15) is 0 Å². The lowest BCUT2D eigenvalue weighted by Crippen LogP contribution is -1.92. The van der Waals surface area contributed by atoms with E-state index < -0.39 is 0 Å². The van der Waals surface area contributed by atoms with Gasteiger partial charge < -0.3 is 0 Å². The number of nitriles is 2. The summed E-state index contributed by atoms with van der Waals surface area (Å²) < 4.78 is 0. The van der Waals surface area contributed by atoms with Gasteiger partial charge in [0, 0.05) is 0 Å². The van der Waals surface area contributed by atoms with Gasteiger partial charge in [-0.3, -0.25) is 0 Å². The van der Waals surface area contributed by atoms with Crippen LogP contribution in [-0.2, 0) is 0 Å². The molecular weight excluding hydrogens is 136 g/mol. The average Bonchev–Trinajstić information content (AvgIpc) is 2.07. The minimum atomic E-state index is 0.235. The molecule has 0 unspecified atom stereocenters. The van der Waals surface area contributed by atoms with Gasteiger partial charge in [0.05, 0.1) is 0 Å². The number of rotatable bonds is 3. The van der Waals surface area contributed by atoms with Crippen molar-refractivity contribution >= 4 is 0 Å². The standard InChI is InChI=1S/C9H12N2/c1-3-8(4-2)5-9(6-10)7-11/h5,8H,3-4H2,1-2H3. The van der Waals surface area contributed by atoms with Gasteiger partial charge in [0.15, 0.2) is 0 Å². The molecule has 0 spiro atoms. The van der Waals surface area contributed by atoms with Gasteiger partial charge in [-0.1, -0.05) is 19.9 Å². The highest BCUT2D eigenvalue weighted by atomic mass is 14.3. The summed E-state index contributed by atoms with van der Waals surface area (Å²) in [5, 5.41) is 16.9. The van der Waals surface area contributed by atoms with Gasteiger partial charge in [-0.05, 0) is 18.8 Å². The van der Waals surface area contributed by atoms with Crippen molar-refractivity contribution in [2.24, 2.45) is 5.92 Å². The molecule has 2 nitrogen and oxygen atoms in total. The van der Waals surface area contributed by atoms with E-state index in [1.807, 2.05) is 12.1 Å². The minimum absolute atomic E-state index is 0.235. The molecule has 0 aliphatic carbocycles. The third-order valence-electron chi connectivity index (χ3n) is 1.69. The van der Waals surface area contributed by atoms with Crippen LogP contribution in [0.15, 0.2) is 11.6 Å². The maximum Gasteiger partial charge on any atom is 0.125 e. The molecule has 0 aromatic carbocycles. The summed E-state index contributed by atoms with van der Waals surface area (Å²) in [5.41, 5.74) is 0.235. The molecule has 0 atom stereocenters. The van der Waals surface area contributed by atoms with Gasteiger partial charge in [-0.15, -0.1) is 0 Å². The maximum absolute atomic E-state index is 8.43. The Morgan fingerprint density at radius 1 is 1.27 bits per heavy atom. The molecule has 0 amide bonds. The van der Waals surface area contributed by atoms with Gasteiger partial charge in [-0.25, -0.2) is 0 Å². The van der Waals surface area contributed by atoms with Gasteiger partial charge in [0.25, 0.3) is 0 Å². The Labute approximate surface area is 67.8 Å². The van der Waals surface area contributed by atoms with E-state index in [2.05, 4.69) is 13.8 Å². The molecule has 0 saturated heterocycles. The fraction of sp³-hybridized carbons (Fsp3) is 0.556. The average molecular weight is 148 g/mol. The van der Waals surface area contributed by atoms with Crippen molar-refractivity contribution in [2.75, 3.05) is 0 Å². The summed E-state index contributed by atoms with van der Waals surface area (Å²) in [6, 6.07) is 3.70. The zero-order valence-electron chi connectivity index (χ0n) is 6.96. The topological polar surface area (TPSA) is 47.6 Å². The van der Waals surface area contributed by atoms with Crippen molar-refractivity contribution in [3.63, 3.8) is 0 Å². The molecule has 0 fully saturated rings. The molecule has 0 heterocycles. The van der Waals surface area contributed by atoms with Gasteiger partial charge in [0.1, 0.15) is 17.7 Å². The first kappa shape index (κ1) is 9.72. The molecule has 0 aliphatic heterocycles. The van der Waals surface area contributed by atoms with Crippen LogP contribution in [0.25, 0.3) is 0 Å². The molecule has 0 bridgehead atoms. The van der Waals surface area contributed by atoms with E-state index in [-0.39, 0.29) is 5.57 Å². The smallest absolute Gasteiger partial charge is 0.125 e. The second-order valence-corrected chi connectivity index (χ2v) is 2.38. The van der Waals surface area contributed by atoms with Gasteiger partial charge in [0.2, 0.25) is 0 Å². The van der Waals surface area contributed by atoms with Crippen LogP contribution in [0.2, 0.25) is 0 Å². The molecule has 2 heteroatoms. The van der Waals surface area contributed by atoms with Crippen molar-refractivity contribution in [1.82, 2.24) is 0 Å². The molecule has 11 heavy (non-hydrogen) atoms. The molecule has 0 aromatic heterocycles. The van der Waals surface area contributed by atoms with Crippen LogP contribution < -0.4 is 0 Å². The van der Waals surface area contributed by atoms with E-state index in [0.29, 0.717) is 5.92 Å². The number of hydrogen-bond donors (Lipinski definition) is 0. The lowest BCUT2D eigenvalue weighted by atomic mass is 10.0. The molecule has 0 radical (unpaired) electrons. The lowest BCUT2D eigenvalue weighted by Gasteiger charge is -2.03. The van der Waals surface area contributed by atoms with Crippen LogP contribution in [0.5, 0.6) is 0 Å². The number of nitrogens with zero attached hydrogens (tertiary/aromatic N) is 2. The number of hydrogen-bond acceptors (Lipinski definition) is 2. The Morgan fingerprint density at radius 3 is 2.00 bits per heavy atom. The van der Waals surface area contributed by atoms with Crippen molar-refractivity contribution in [3.8, 4) is 12.1 Å². The number of allylic oxidation sites excluding steroid dienone is 2. The zero-order chi connectivity index (χ0) is 8.69. The largest absolute Gasteiger partial charge is 0.192 e. The Hall–Kier alpha value is -1.28. The Morgan fingerprint density at radius 2 is 1.73 bits per heavy atom. The fourth-order valence-electron chi connectivity index (χ4n) is 0.860. The summed E-state index contributed by atoms with van der Waals surface area (Å²) in [6.07, 6.45) is 3.73. The van der Waals surface area contributed by atoms with Gasteiger partial charge >= 0.3 is 0 Å². The molecule has 0 N–H and O–H groups in total. The van der Waals surface area contributed by atoms with E-state index in [4.69, 9.17) is 10.5 Å². The first-order valence-electron chi connectivity index (χ1n) is 3.80. The second kappa shape index (κ2) is 5.50. The van der Waals surface area contributed by atoms with Crippen LogP contribution in [0.3, 0.4) is 0 Å². The Bertz CT molecular complexity index is 195. The third-order valence-corrected chi connectivity index (χ3v) is 1.69. The van der Waals surface area contributed by atoms with Crippen molar-refractivity contribution in [3.05, 3.63) is 11.6 Å². The summed E-state index contributed by atoms with van der Waals surface area (Å²) >= 11 is 0. The highest BCUT2D eigenvalue weighted by Gasteiger charge is 2.00. The Balaban J connectivity index is 4.28. The van der Waals surface area contributed by atoms with Crippen LogP contribution in [-0.4, -0.2) is 0 Å². The zero-order valence-corrected chi connectivity index (χ0v) is 6.96. The van der Waals surface area contributed by atoms with Crippen molar-refractivity contribution in [1.29, 1.82) is 10.5 Å². The molecular formula is C9H12N2. The minimum Gasteiger partial charge on any atom is -0.192 e. The normalized spacial score (nSPS) is 8.45. The third kappa shape index (κ3) is 3.43. The summed E-state index contributed by atoms with van der Waals surface area (Å²) in [7, 11) is 0. The molecule has 0 saturated carbocycles. The molecule has 0 aromatic rings. The quantitative estimate of drug-likeness (QED) is 0.577. The summed E-state index contributed by atoms with van der Waals surface area (Å²) in [5.74, 6) is 0.379. The van der Waals surface area contributed by atoms with E-state index in [1.165, 1.54) is 0 Å².